The van der Waals surface area contributed by atoms with Crippen molar-refractivity contribution >= 4 is 17.5 Å². The van der Waals surface area contributed by atoms with Gasteiger partial charge >= 0.3 is 0 Å². The average Bonchev–Trinajstić information content (AvgIpc) is 2.35. The summed E-state index contributed by atoms with van der Waals surface area (Å²) in [5.74, 6) is -0.0789. The van der Waals surface area contributed by atoms with Crippen molar-refractivity contribution in [3.63, 3.8) is 0 Å². The zero-order chi connectivity index (χ0) is 13.8. The number of carbonyl (C=O) groups is 1. The SMILES string of the molecule is Cc1cccc(SCC(=O)c2cc(C)cc(F)c2)c1. The number of ketones is 1. The van der Waals surface area contributed by atoms with Gasteiger partial charge in [-0.2, -0.15) is 0 Å². The van der Waals surface area contributed by atoms with Crippen LogP contribution in [-0.4, -0.2) is 11.5 Å². The Balaban J connectivity index is 2.05. The van der Waals surface area contributed by atoms with E-state index in [0.717, 1.165) is 10.5 Å². The summed E-state index contributed by atoms with van der Waals surface area (Å²) in [7, 11) is 0. The summed E-state index contributed by atoms with van der Waals surface area (Å²) >= 11 is 1.48. The van der Waals surface area contributed by atoms with Gasteiger partial charge in [-0.15, -0.1) is 11.8 Å². The Morgan fingerprint density at radius 3 is 2.58 bits per heavy atom. The van der Waals surface area contributed by atoms with Gasteiger partial charge in [0.1, 0.15) is 5.82 Å². The second-order valence-corrected chi connectivity index (χ2v) is 5.59. The molecule has 19 heavy (non-hydrogen) atoms. The number of carbonyl (C=O) groups excluding carboxylic acids is 1. The molecule has 2 aromatic carbocycles. The van der Waals surface area contributed by atoms with Gasteiger partial charge in [0, 0.05) is 10.5 Å². The van der Waals surface area contributed by atoms with Gasteiger partial charge in [0.05, 0.1) is 5.75 Å². The number of Topliss-reactive ketones (excluding diaryl/α,β-unsaturated/α-hetero) is 1. The molecule has 2 aromatic rings. The second kappa shape index (κ2) is 6.02. The molecule has 0 aliphatic carbocycles. The number of rotatable bonds is 4. The van der Waals surface area contributed by atoms with Crippen LogP contribution in [0.1, 0.15) is 21.5 Å². The van der Waals surface area contributed by atoms with Gasteiger partial charge in [-0.25, -0.2) is 4.39 Å². The molecule has 1 nitrogen and oxygen atoms in total. The third kappa shape index (κ3) is 3.93. The average molecular weight is 274 g/mol. The van der Waals surface area contributed by atoms with Gasteiger partial charge < -0.3 is 0 Å². The number of hydrogen-bond acceptors (Lipinski definition) is 2. The first-order chi connectivity index (χ1) is 9.04. The first-order valence-corrected chi connectivity index (χ1v) is 7.03. The Morgan fingerprint density at radius 2 is 1.89 bits per heavy atom. The number of benzene rings is 2. The fraction of sp³-hybridized carbons (Fsp3) is 0.188. The minimum Gasteiger partial charge on any atom is -0.293 e. The molecule has 98 valence electrons. The molecule has 3 heteroatoms. The summed E-state index contributed by atoms with van der Waals surface area (Å²) in [4.78, 5) is 13.1. The molecule has 0 aromatic heterocycles. The number of hydrogen-bond donors (Lipinski definition) is 0. The zero-order valence-corrected chi connectivity index (χ0v) is 11.8. The molecule has 0 unspecified atom stereocenters. The number of aryl methyl sites for hydroxylation is 2. The Hall–Kier alpha value is -1.61. The van der Waals surface area contributed by atoms with Crippen LogP contribution in [0.5, 0.6) is 0 Å². The van der Waals surface area contributed by atoms with Crippen LogP contribution in [0.4, 0.5) is 4.39 Å². The van der Waals surface area contributed by atoms with Crippen molar-refractivity contribution in [3.05, 3.63) is 65.0 Å². The first kappa shape index (κ1) is 13.8. The summed E-state index contributed by atoms with van der Waals surface area (Å²) in [5, 5.41) is 0. The maximum Gasteiger partial charge on any atom is 0.173 e. The topological polar surface area (TPSA) is 17.1 Å². The molecule has 0 bridgehead atoms. The molecular weight excluding hydrogens is 259 g/mol. The lowest BCUT2D eigenvalue weighted by molar-refractivity contribution is 0.102. The lowest BCUT2D eigenvalue weighted by atomic mass is 10.1. The second-order valence-electron chi connectivity index (χ2n) is 4.55. The van der Waals surface area contributed by atoms with Crippen molar-refractivity contribution in [2.45, 2.75) is 18.7 Å². The quantitative estimate of drug-likeness (QED) is 0.606. The van der Waals surface area contributed by atoms with Crippen molar-refractivity contribution in [2.24, 2.45) is 0 Å². The van der Waals surface area contributed by atoms with E-state index in [1.165, 1.54) is 29.5 Å². The fourth-order valence-electron chi connectivity index (χ4n) is 1.83. The molecule has 0 amide bonds. The van der Waals surface area contributed by atoms with Gasteiger partial charge in [-0.05, 0) is 49.7 Å². The van der Waals surface area contributed by atoms with E-state index in [2.05, 4.69) is 0 Å². The van der Waals surface area contributed by atoms with Crippen molar-refractivity contribution < 1.29 is 9.18 Å². The van der Waals surface area contributed by atoms with Crippen molar-refractivity contribution in [3.8, 4) is 0 Å². The normalized spacial score (nSPS) is 10.5. The van der Waals surface area contributed by atoms with Gasteiger partial charge in [0.15, 0.2) is 5.78 Å². The minimum absolute atomic E-state index is 0.0471. The highest BCUT2D eigenvalue weighted by molar-refractivity contribution is 8.00. The van der Waals surface area contributed by atoms with Crippen LogP contribution in [-0.2, 0) is 0 Å². The molecule has 0 saturated heterocycles. The van der Waals surface area contributed by atoms with Crippen LogP contribution in [0.2, 0.25) is 0 Å². The van der Waals surface area contributed by atoms with Crippen molar-refractivity contribution in [1.82, 2.24) is 0 Å². The van der Waals surface area contributed by atoms with Gasteiger partial charge in [0.25, 0.3) is 0 Å². The molecule has 0 saturated carbocycles. The van der Waals surface area contributed by atoms with Crippen LogP contribution in [0.15, 0.2) is 47.4 Å². The molecular formula is C16H15FOS. The molecule has 0 spiro atoms. The lowest BCUT2D eigenvalue weighted by Gasteiger charge is -2.04. The van der Waals surface area contributed by atoms with Crippen LogP contribution < -0.4 is 0 Å². The summed E-state index contributed by atoms with van der Waals surface area (Å²) < 4.78 is 13.2. The van der Waals surface area contributed by atoms with Gasteiger partial charge in [-0.1, -0.05) is 17.7 Å². The maximum atomic E-state index is 13.2. The molecule has 0 radical (unpaired) electrons. The van der Waals surface area contributed by atoms with E-state index in [4.69, 9.17) is 0 Å². The highest BCUT2D eigenvalue weighted by Crippen LogP contribution is 2.20. The fourth-order valence-corrected chi connectivity index (χ4v) is 2.74. The minimum atomic E-state index is -0.357. The third-order valence-electron chi connectivity index (χ3n) is 2.72. The first-order valence-electron chi connectivity index (χ1n) is 6.04. The monoisotopic (exact) mass is 274 g/mol. The van der Waals surface area contributed by atoms with E-state index in [1.54, 1.807) is 13.0 Å². The third-order valence-corrected chi connectivity index (χ3v) is 3.72. The molecule has 0 N–H and O–H groups in total. The van der Waals surface area contributed by atoms with Crippen LogP contribution in [0.3, 0.4) is 0 Å². The summed E-state index contributed by atoms with van der Waals surface area (Å²) in [6, 6.07) is 12.4. The van der Waals surface area contributed by atoms with Crippen LogP contribution >= 0.6 is 11.8 Å². The van der Waals surface area contributed by atoms with E-state index >= 15 is 0 Å². The predicted octanol–water partition coefficient (Wildman–Crippen LogP) is 4.42. The smallest absolute Gasteiger partial charge is 0.173 e. The standard InChI is InChI=1S/C16H15FOS/c1-11-4-3-5-15(8-11)19-10-16(18)13-6-12(2)7-14(17)9-13/h3-9H,10H2,1-2H3. The van der Waals surface area contributed by atoms with Gasteiger partial charge in [-0.3, -0.25) is 4.79 Å². The largest absolute Gasteiger partial charge is 0.293 e. The molecule has 0 aliphatic heterocycles. The van der Waals surface area contributed by atoms with E-state index in [9.17, 15) is 9.18 Å². The number of thioether (sulfide) groups is 1. The molecule has 0 heterocycles. The van der Waals surface area contributed by atoms with E-state index < -0.39 is 0 Å². The van der Waals surface area contributed by atoms with Crippen molar-refractivity contribution in [1.29, 1.82) is 0 Å². The highest BCUT2D eigenvalue weighted by atomic mass is 32.2. The zero-order valence-electron chi connectivity index (χ0n) is 10.9. The van der Waals surface area contributed by atoms with E-state index in [0.29, 0.717) is 11.3 Å². The van der Waals surface area contributed by atoms with E-state index in [1.807, 2.05) is 31.2 Å². The van der Waals surface area contributed by atoms with Gasteiger partial charge in [0.2, 0.25) is 0 Å². The highest BCUT2D eigenvalue weighted by Gasteiger charge is 2.08. The molecule has 0 fully saturated rings. The predicted molar refractivity (Wildman–Crippen MR) is 77.4 cm³/mol. The Bertz CT molecular complexity index is 587. The molecule has 0 aliphatic rings. The number of halogens is 1. The van der Waals surface area contributed by atoms with Crippen molar-refractivity contribution in [2.75, 3.05) is 5.75 Å². The Morgan fingerprint density at radius 1 is 1.11 bits per heavy atom. The maximum absolute atomic E-state index is 13.2. The Labute approximate surface area is 116 Å². The van der Waals surface area contributed by atoms with Crippen LogP contribution in [0.25, 0.3) is 0 Å². The lowest BCUT2D eigenvalue weighted by Crippen LogP contribution is -2.03. The molecule has 0 atom stereocenters. The Kier molecular flexibility index (Phi) is 4.38. The van der Waals surface area contributed by atoms with E-state index in [-0.39, 0.29) is 11.6 Å². The van der Waals surface area contributed by atoms with Crippen LogP contribution in [0, 0.1) is 19.7 Å². The molecule has 2 rings (SSSR count). The summed E-state index contributed by atoms with van der Waals surface area (Å²) in [6.07, 6.45) is 0. The summed E-state index contributed by atoms with van der Waals surface area (Å²) in [6.45, 7) is 3.80. The summed E-state index contributed by atoms with van der Waals surface area (Å²) in [5.41, 5.74) is 2.38.